The van der Waals surface area contributed by atoms with Gasteiger partial charge in [0.05, 0.1) is 11.2 Å². The van der Waals surface area contributed by atoms with Crippen LogP contribution in [0.1, 0.15) is 18.4 Å². The number of aryl methyl sites for hydroxylation is 1. The summed E-state index contributed by atoms with van der Waals surface area (Å²) in [6, 6.07) is 21.8. The van der Waals surface area contributed by atoms with Crippen molar-refractivity contribution >= 4 is 43.1 Å². The predicted molar refractivity (Wildman–Crippen MR) is 119 cm³/mol. The number of rotatable bonds is 5. The summed E-state index contributed by atoms with van der Waals surface area (Å²) in [5.74, 6) is 0. The minimum Gasteiger partial charge on any atom is -0.354 e. The van der Waals surface area contributed by atoms with Gasteiger partial charge in [-0.1, -0.05) is 54.6 Å². The van der Waals surface area contributed by atoms with Crippen molar-refractivity contribution in [1.29, 1.82) is 0 Å². The summed E-state index contributed by atoms with van der Waals surface area (Å²) in [6.45, 7) is 0.752. The molecule has 2 nitrogen and oxygen atoms in total. The molecule has 0 saturated carbocycles. The number of hydrogen-bond donors (Lipinski definition) is 2. The lowest BCUT2D eigenvalue weighted by molar-refractivity contribution is 0.748. The van der Waals surface area contributed by atoms with Gasteiger partial charge in [0.1, 0.15) is 0 Å². The van der Waals surface area contributed by atoms with E-state index in [2.05, 4.69) is 71.0 Å². The molecule has 0 radical (unpaired) electrons. The zero-order valence-electron chi connectivity index (χ0n) is 15.2. The van der Waals surface area contributed by atoms with Gasteiger partial charge in [-0.05, 0) is 42.8 Å². The molecule has 0 unspecified atom stereocenters. The SMILES string of the molecule is NCCCCc1c(-c2csc3ccccc23)[nH]c2c1ccc1ccccc12. The second-order valence-electron chi connectivity index (χ2n) is 7.08. The maximum atomic E-state index is 5.76. The quantitative estimate of drug-likeness (QED) is 0.341. The lowest BCUT2D eigenvalue weighted by Crippen LogP contribution is -1.99. The van der Waals surface area contributed by atoms with E-state index < -0.39 is 0 Å². The van der Waals surface area contributed by atoms with Crippen molar-refractivity contribution < 1.29 is 0 Å². The summed E-state index contributed by atoms with van der Waals surface area (Å²) in [4.78, 5) is 3.80. The molecule has 5 rings (SSSR count). The second kappa shape index (κ2) is 6.84. The van der Waals surface area contributed by atoms with Crippen LogP contribution < -0.4 is 5.73 Å². The molecule has 0 atom stereocenters. The molecular formula is C24H22N2S. The van der Waals surface area contributed by atoms with Gasteiger partial charge in [-0.15, -0.1) is 11.3 Å². The fraction of sp³-hybridized carbons (Fsp3) is 0.167. The molecule has 3 heteroatoms. The number of nitrogens with two attached hydrogens (primary N) is 1. The van der Waals surface area contributed by atoms with Crippen molar-refractivity contribution in [2.45, 2.75) is 19.3 Å². The minimum absolute atomic E-state index is 0.752. The van der Waals surface area contributed by atoms with Gasteiger partial charge < -0.3 is 10.7 Å². The Bertz CT molecular complexity index is 1250. The van der Waals surface area contributed by atoms with Crippen LogP contribution in [-0.2, 0) is 6.42 Å². The van der Waals surface area contributed by atoms with Crippen molar-refractivity contribution in [3.05, 3.63) is 71.6 Å². The average Bonchev–Trinajstić information content (AvgIpc) is 3.29. The molecule has 27 heavy (non-hydrogen) atoms. The van der Waals surface area contributed by atoms with Gasteiger partial charge in [-0.2, -0.15) is 0 Å². The molecule has 0 aliphatic carbocycles. The minimum atomic E-state index is 0.752. The molecule has 3 aromatic carbocycles. The highest BCUT2D eigenvalue weighted by atomic mass is 32.1. The number of hydrogen-bond acceptors (Lipinski definition) is 2. The van der Waals surface area contributed by atoms with Crippen molar-refractivity contribution in [2.75, 3.05) is 6.54 Å². The van der Waals surface area contributed by atoms with Gasteiger partial charge in [0.15, 0.2) is 0 Å². The molecule has 0 amide bonds. The molecule has 0 spiro atoms. The van der Waals surface area contributed by atoms with Crippen LogP contribution in [0.2, 0.25) is 0 Å². The van der Waals surface area contributed by atoms with Gasteiger partial charge in [-0.25, -0.2) is 0 Å². The first-order chi connectivity index (χ1) is 13.4. The van der Waals surface area contributed by atoms with Gasteiger partial charge >= 0.3 is 0 Å². The lowest BCUT2D eigenvalue weighted by Gasteiger charge is -2.05. The van der Waals surface area contributed by atoms with E-state index in [4.69, 9.17) is 5.73 Å². The Morgan fingerprint density at radius 2 is 1.63 bits per heavy atom. The molecule has 0 saturated heterocycles. The van der Waals surface area contributed by atoms with Gasteiger partial charge in [-0.3, -0.25) is 0 Å². The Balaban J connectivity index is 1.79. The van der Waals surface area contributed by atoms with Crippen LogP contribution >= 0.6 is 11.3 Å². The molecule has 5 aromatic rings. The Morgan fingerprint density at radius 3 is 2.52 bits per heavy atom. The van der Waals surface area contributed by atoms with Crippen LogP contribution in [0.3, 0.4) is 0 Å². The zero-order chi connectivity index (χ0) is 18.2. The number of nitrogens with one attached hydrogen (secondary N) is 1. The summed E-state index contributed by atoms with van der Waals surface area (Å²) >= 11 is 1.82. The number of thiophene rings is 1. The highest BCUT2D eigenvalue weighted by molar-refractivity contribution is 7.17. The van der Waals surface area contributed by atoms with Gasteiger partial charge in [0, 0.05) is 31.8 Å². The lowest BCUT2D eigenvalue weighted by atomic mass is 9.98. The average molecular weight is 371 g/mol. The Hall–Kier alpha value is -2.62. The first-order valence-electron chi connectivity index (χ1n) is 9.56. The monoisotopic (exact) mass is 370 g/mol. The molecule has 2 heterocycles. The maximum absolute atomic E-state index is 5.76. The van der Waals surface area contributed by atoms with E-state index in [0.717, 1.165) is 25.8 Å². The van der Waals surface area contributed by atoms with Gasteiger partial charge in [0.25, 0.3) is 0 Å². The molecule has 134 valence electrons. The fourth-order valence-electron chi connectivity index (χ4n) is 4.10. The van der Waals surface area contributed by atoms with E-state index in [9.17, 15) is 0 Å². The molecule has 0 fully saturated rings. The summed E-state index contributed by atoms with van der Waals surface area (Å²) in [5.41, 5.74) is 11.0. The van der Waals surface area contributed by atoms with E-state index in [1.807, 2.05) is 11.3 Å². The van der Waals surface area contributed by atoms with Crippen LogP contribution in [0.5, 0.6) is 0 Å². The number of aromatic amines is 1. The fourth-order valence-corrected chi connectivity index (χ4v) is 5.05. The van der Waals surface area contributed by atoms with Crippen molar-refractivity contribution in [2.24, 2.45) is 5.73 Å². The summed E-state index contributed by atoms with van der Waals surface area (Å²) < 4.78 is 1.34. The van der Waals surface area contributed by atoms with Crippen LogP contribution in [0.15, 0.2) is 66.0 Å². The zero-order valence-corrected chi connectivity index (χ0v) is 16.0. The second-order valence-corrected chi connectivity index (χ2v) is 7.99. The summed E-state index contributed by atoms with van der Waals surface area (Å²) in [7, 11) is 0. The van der Waals surface area contributed by atoms with Crippen LogP contribution in [0.4, 0.5) is 0 Å². The van der Waals surface area contributed by atoms with Crippen LogP contribution in [-0.4, -0.2) is 11.5 Å². The number of unbranched alkanes of at least 4 members (excludes halogenated alkanes) is 1. The van der Waals surface area contributed by atoms with Gasteiger partial charge in [0.2, 0.25) is 0 Å². The smallest absolute Gasteiger partial charge is 0.0541 e. The van der Waals surface area contributed by atoms with E-state index in [1.165, 1.54) is 48.6 Å². The standard InChI is InChI=1S/C24H22N2S/c25-14-6-5-10-19-20-13-12-16-7-1-2-8-17(16)23(20)26-24(19)21-15-27-22-11-4-3-9-18(21)22/h1-4,7-9,11-13,15,26H,5-6,10,14,25H2. The maximum Gasteiger partial charge on any atom is 0.0541 e. The number of benzene rings is 3. The molecular weight excluding hydrogens is 348 g/mol. The topological polar surface area (TPSA) is 41.8 Å². The highest BCUT2D eigenvalue weighted by Gasteiger charge is 2.17. The van der Waals surface area contributed by atoms with Crippen molar-refractivity contribution in [1.82, 2.24) is 4.98 Å². The van der Waals surface area contributed by atoms with Crippen LogP contribution in [0.25, 0.3) is 43.0 Å². The third-order valence-electron chi connectivity index (χ3n) is 5.44. The predicted octanol–water partition coefficient (Wildman–Crippen LogP) is 6.48. The normalized spacial score (nSPS) is 11.7. The molecule has 3 N–H and O–H groups in total. The molecule has 2 aromatic heterocycles. The number of H-pyrrole nitrogens is 1. The van der Waals surface area contributed by atoms with E-state index in [-0.39, 0.29) is 0 Å². The van der Waals surface area contributed by atoms with E-state index in [0.29, 0.717) is 0 Å². The Kier molecular flexibility index (Phi) is 4.19. The van der Waals surface area contributed by atoms with Crippen molar-refractivity contribution in [3.8, 4) is 11.3 Å². The Labute approximate surface area is 162 Å². The third kappa shape index (κ3) is 2.75. The largest absolute Gasteiger partial charge is 0.354 e. The summed E-state index contributed by atoms with van der Waals surface area (Å²) in [5, 5.41) is 7.54. The summed E-state index contributed by atoms with van der Waals surface area (Å²) in [6.07, 6.45) is 3.23. The highest BCUT2D eigenvalue weighted by Crippen LogP contribution is 2.40. The number of aromatic nitrogens is 1. The molecule has 0 aliphatic heterocycles. The van der Waals surface area contributed by atoms with Crippen molar-refractivity contribution in [3.63, 3.8) is 0 Å². The molecule has 0 bridgehead atoms. The van der Waals surface area contributed by atoms with Crippen LogP contribution in [0, 0.1) is 0 Å². The van der Waals surface area contributed by atoms with E-state index in [1.54, 1.807) is 0 Å². The molecule has 0 aliphatic rings. The number of fused-ring (bicyclic) bond motifs is 4. The Morgan fingerprint density at radius 1 is 0.815 bits per heavy atom. The van der Waals surface area contributed by atoms with E-state index >= 15 is 0 Å². The third-order valence-corrected chi connectivity index (χ3v) is 6.40. The first kappa shape index (κ1) is 16.5. The first-order valence-corrected chi connectivity index (χ1v) is 10.4.